The highest BCUT2D eigenvalue weighted by molar-refractivity contribution is 7.89. The number of benzene rings is 2. The normalized spacial score (nSPS) is 11.5. The summed E-state index contributed by atoms with van der Waals surface area (Å²) in [6.07, 6.45) is 0. The van der Waals surface area contributed by atoms with Gasteiger partial charge in [-0.1, -0.05) is 23.2 Å². The first-order valence-electron chi connectivity index (χ1n) is 9.85. The van der Waals surface area contributed by atoms with E-state index in [1.54, 1.807) is 44.6 Å². The summed E-state index contributed by atoms with van der Waals surface area (Å²) in [6.45, 7) is -0.00846. The highest BCUT2D eigenvalue weighted by Gasteiger charge is 2.19. The number of nitrogens with one attached hydrogen (secondary N) is 1. The Hall–Kier alpha value is -3.12. The van der Waals surface area contributed by atoms with Crippen molar-refractivity contribution in [2.75, 3.05) is 27.4 Å². The Morgan fingerprint density at radius 2 is 1.82 bits per heavy atom. The molecule has 34 heavy (non-hydrogen) atoms. The number of hydrogen-bond donors (Lipinski definition) is 1. The van der Waals surface area contributed by atoms with Gasteiger partial charge in [0.2, 0.25) is 15.9 Å². The summed E-state index contributed by atoms with van der Waals surface area (Å²) < 4.78 is 45.2. The standard InChI is InChI=1S/C21H19Cl2N5O5S/c1-31-14-4-5-15(17(12-14)32-2)21-26-25-19-7-8-20(27-28(19)21)33-10-9-24-34(29,30)18-11-13(22)3-6-16(18)23/h3-8,11-12,24H,9-10H2,1-2H3. The van der Waals surface area contributed by atoms with Crippen molar-refractivity contribution < 1.29 is 22.6 Å². The van der Waals surface area contributed by atoms with Crippen LogP contribution in [0, 0.1) is 0 Å². The SMILES string of the molecule is COc1ccc(-c2nnc3ccc(OCCNS(=O)(=O)c4cc(Cl)ccc4Cl)nn23)c(OC)c1. The fourth-order valence-corrected chi connectivity index (χ4v) is 4.87. The zero-order chi connectivity index (χ0) is 24.3. The number of ether oxygens (including phenoxy) is 3. The van der Waals surface area contributed by atoms with E-state index < -0.39 is 10.0 Å². The summed E-state index contributed by atoms with van der Waals surface area (Å²) in [5.41, 5.74) is 1.16. The van der Waals surface area contributed by atoms with Crippen molar-refractivity contribution in [3.05, 3.63) is 58.6 Å². The summed E-state index contributed by atoms with van der Waals surface area (Å²) in [7, 11) is -0.758. The molecule has 4 rings (SSSR count). The van der Waals surface area contributed by atoms with Gasteiger partial charge in [-0.05, 0) is 36.4 Å². The largest absolute Gasteiger partial charge is 0.497 e. The molecule has 0 saturated heterocycles. The molecule has 0 spiro atoms. The average molecular weight is 524 g/mol. The van der Waals surface area contributed by atoms with E-state index in [9.17, 15) is 8.42 Å². The van der Waals surface area contributed by atoms with Crippen molar-refractivity contribution in [2.24, 2.45) is 0 Å². The fourth-order valence-electron chi connectivity index (χ4n) is 3.09. The van der Waals surface area contributed by atoms with E-state index in [4.69, 9.17) is 37.4 Å². The third-order valence-corrected chi connectivity index (χ3v) is 6.89. The van der Waals surface area contributed by atoms with Gasteiger partial charge in [0, 0.05) is 23.7 Å². The molecule has 10 nitrogen and oxygen atoms in total. The molecule has 2 aromatic carbocycles. The third-order valence-electron chi connectivity index (χ3n) is 4.71. The molecule has 0 amide bonds. The number of halogens is 2. The minimum atomic E-state index is -3.87. The molecule has 0 fully saturated rings. The van der Waals surface area contributed by atoms with Crippen molar-refractivity contribution in [1.82, 2.24) is 24.5 Å². The van der Waals surface area contributed by atoms with E-state index in [1.807, 2.05) is 0 Å². The van der Waals surface area contributed by atoms with Crippen LogP contribution in [0.1, 0.15) is 0 Å². The van der Waals surface area contributed by atoms with Crippen LogP contribution < -0.4 is 18.9 Å². The smallest absolute Gasteiger partial charge is 0.242 e. The number of hydrogen-bond acceptors (Lipinski definition) is 8. The van der Waals surface area contributed by atoms with Gasteiger partial charge < -0.3 is 14.2 Å². The Balaban J connectivity index is 1.48. The van der Waals surface area contributed by atoms with Crippen LogP contribution in [0.5, 0.6) is 17.4 Å². The Kier molecular flexibility index (Phi) is 7.08. The molecule has 0 atom stereocenters. The molecule has 2 heterocycles. The van der Waals surface area contributed by atoms with E-state index in [-0.39, 0.29) is 34.0 Å². The molecule has 178 valence electrons. The summed E-state index contributed by atoms with van der Waals surface area (Å²) in [5.74, 6) is 1.86. The highest BCUT2D eigenvalue weighted by Crippen LogP contribution is 2.32. The molecular formula is C21H19Cl2N5O5S. The number of methoxy groups -OCH3 is 2. The van der Waals surface area contributed by atoms with E-state index in [1.165, 1.54) is 22.7 Å². The Labute approximate surface area is 205 Å². The quantitative estimate of drug-likeness (QED) is 0.331. The molecule has 0 saturated carbocycles. The van der Waals surface area contributed by atoms with Crippen LogP contribution in [-0.2, 0) is 10.0 Å². The predicted octanol–water partition coefficient (Wildman–Crippen LogP) is 3.47. The van der Waals surface area contributed by atoms with Gasteiger partial charge in [0.05, 0.1) is 24.8 Å². The Morgan fingerprint density at radius 3 is 2.59 bits per heavy atom. The van der Waals surface area contributed by atoms with Gasteiger partial charge >= 0.3 is 0 Å². The van der Waals surface area contributed by atoms with Crippen LogP contribution in [0.25, 0.3) is 17.0 Å². The summed E-state index contributed by atoms with van der Waals surface area (Å²) in [6, 6.07) is 12.8. The third kappa shape index (κ3) is 5.02. The lowest BCUT2D eigenvalue weighted by Crippen LogP contribution is -2.28. The summed E-state index contributed by atoms with van der Waals surface area (Å²) in [4.78, 5) is -0.108. The Morgan fingerprint density at radius 1 is 1.00 bits per heavy atom. The van der Waals surface area contributed by atoms with Crippen LogP contribution in [0.2, 0.25) is 10.0 Å². The van der Waals surface area contributed by atoms with Crippen molar-refractivity contribution in [3.8, 4) is 28.8 Å². The molecule has 13 heteroatoms. The topological polar surface area (TPSA) is 117 Å². The number of nitrogens with zero attached hydrogens (tertiary/aromatic N) is 4. The number of fused-ring (bicyclic) bond motifs is 1. The monoisotopic (exact) mass is 523 g/mol. The summed E-state index contributed by atoms with van der Waals surface area (Å²) in [5, 5.41) is 13.1. The van der Waals surface area contributed by atoms with E-state index in [0.29, 0.717) is 28.5 Å². The lowest BCUT2D eigenvalue weighted by molar-refractivity contribution is 0.306. The number of rotatable bonds is 9. The van der Waals surface area contributed by atoms with Crippen LogP contribution in [0.15, 0.2) is 53.4 Å². The first-order valence-corrected chi connectivity index (χ1v) is 12.1. The highest BCUT2D eigenvalue weighted by atomic mass is 35.5. The fraction of sp³-hybridized carbons (Fsp3) is 0.190. The molecule has 0 aliphatic heterocycles. The lowest BCUT2D eigenvalue weighted by Gasteiger charge is -2.10. The van der Waals surface area contributed by atoms with Crippen LogP contribution in [0.3, 0.4) is 0 Å². The summed E-state index contributed by atoms with van der Waals surface area (Å²) >= 11 is 11.9. The van der Waals surface area contributed by atoms with Gasteiger partial charge in [0.1, 0.15) is 23.0 Å². The lowest BCUT2D eigenvalue weighted by atomic mass is 10.2. The zero-order valence-electron chi connectivity index (χ0n) is 18.0. The van der Waals surface area contributed by atoms with E-state index in [0.717, 1.165) is 0 Å². The van der Waals surface area contributed by atoms with Gasteiger partial charge in [-0.25, -0.2) is 13.1 Å². The molecule has 0 unspecified atom stereocenters. The van der Waals surface area contributed by atoms with E-state index in [2.05, 4.69) is 20.0 Å². The Bertz CT molecular complexity index is 1450. The maximum absolute atomic E-state index is 12.5. The average Bonchev–Trinajstić information content (AvgIpc) is 3.26. The van der Waals surface area contributed by atoms with E-state index >= 15 is 0 Å². The first-order chi connectivity index (χ1) is 16.3. The van der Waals surface area contributed by atoms with Crippen LogP contribution in [0.4, 0.5) is 0 Å². The van der Waals surface area contributed by atoms with Crippen molar-refractivity contribution in [3.63, 3.8) is 0 Å². The number of sulfonamides is 1. The second-order valence-electron chi connectivity index (χ2n) is 6.85. The van der Waals surface area contributed by atoms with Gasteiger partial charge in [-0.3, -0.25) is 0 Å². The molecule has 0 bridgehead atoms. The molecule has 0 aliphatic carbocycles. The second-order valence-corrected chi connectivity index (χ2v) is 9.43. The zero-order valence-corrected chi connectivity index (χ0v) is 20.4. The second kappa shape index (κ2) is 10.0. The minimum absolute atomic E-state index is 0.0131. The predicted molar refractivity (Wildman–Crippen MR) is 126 cm³/mol. The van der Waals surface area contributed by atoms with Crippen LogP contribution >= 0.6 is 23.2 Å². The van der Waals surface area contributed by atoms with Crippen molar-refractivity contribution in [1.29, 1.82) is 0 Å². The molecule has 0 aliphatic rings. The van der Waals surface area contributed by atoms with Crippen molar-refractivity contribution in [2.45, 2.75) is 4.90 Å². The maximum atomic E-state index is 12.5. The molecular weight excluding hydrogens is 505 g/mol. The maximum Gasteiger partial charge on any atom is 0.242 e. The van der Waals surface area contributed by atoms with Gasteiger partial charge in [-0.15, -0.1) is 15.3 Å². The minimum Gasteiger partial charge on any atom is -0.497 e. The van der Waals surface area contributed by atoms with Gasteiger partial charge in [0.15, 0.2) is 11.5 Å². The van der Waals surface area contributed by atoms with Crippen LogP contribution in [-0.4, -0.2) is 55.6 Å². The number of aromatic nitrogens is 4. The van der Waals surface area contributed by atoms with Crippen molar-refractivity contribution >= 4 is 38.9 Å². The molecule has 1 N–H and O–H groups in total. The molecule has 0 radical (unpaired) electrons. The van der Waals surface area contributed by atoms with Gasteiger partial charge in [0.25, 0.3) is 0 Å². The van der Waals surface area contributed by atoms with Gasteiger partial charge in [-0.2, -0.15) is 4.52 Å². The molecule has 2 aromatic heterocycles. The first kappa shape index (κ1) is 24.0. The molecule has 4 aromatic rings.